The van der Waals surface area contributed by atoms with Crippen molar-refractivity contribution < 1.29 is 6.85 Å². The van der Waals surface area contributed by atoms with Crippen LogP contribution in [0, 0.1) is 0 Å². The molecule has 0 fully saturated rings. The van der Waals surface area contributed by atoms with Crippen LogP contribution in [0.25, 0.3) is 5.52 Å². The molecule has 0 saturated heterocycles. The summed E-state index contributed by atoms with van der Waals surface area (Å²) in [5.74, 6) is -0.127. The van der Waals surface area contributed by atoms with Gasteiger partial charge in [-0.1, -0.05) is 6.04 Å². The number of fused-ring (bicyclic) bond motifs is 1. The van der Waals surface area contributed by atoms with E-state index in [-0.39, 0.29) is 41.7 Å². The van der Waals surface area contributed by atoms with Gasteiger partial charge in [-0.05, 0) is 18.1 Å². The lowest BCUT2D eigenvalue weighted by Crippen LogP contribution is -1.96. The molecule has 0 unspecified atom stereocenters. The van der Waals surface area contributed by atoms with Gasteiger partial charge in [-0.3, -0.25) is 0 Å². The Hall–Kier alpha value is -1.51. The van der Waals surface area contributed by atoms with Gasteiger partial charge in [0.05, 0.1) is 18.5 Å². The zero-order chi connectivity index (χ0) is 11.3. The summed E-state index contributed by atoms with van der Waals surface area (Å²) in [5.41, 5.74) is 5.51. The molecule has 2 rings (SSSR count). The van der Waals surface area contributed by atoms with Gasteiger partial charge in [-0.15, -0.1) is 0 Å². The molecule has 0 aliphatic carbocycles. The lowest BCUT2D eigenvalue weighted by Gasteiger charge is -1.95. The highest BCUT2D eigenvalue weighted by atomic mass is 15.2. The Kier molecular flexibility index (Phi) is 0.393. The number of nitrogen functional groups attached to an aromatic ring is 1. The van der Waals surface area contributed by atoms with E-state index in [2.05, 4.69) is 5.10 Å². The van der Waals surface area contributed by atoms with Crippen LogP contribution >= 0.6 is 0 Å². The average molecular weight is 138 g/mol. The first kappa shape index (κ1) is 2.27. The second-order valence-corrected chi connectivity index (χ2v) is 1.76. The predicted octanol–water partition coefficient (Wildman–Crippen LogP) is 0.917. The predicted molar refractivity (Wildman–Crippen MR) is 39.6 cm³/mol. The summed E-state index contributed by atoms with van der Waals surface area (Å²) >= 11 is 0. The molecule has 2 aromatic rings. The fourth-order valence-corrected chi connectivity index (χ4v) is 0.697. The molecule has 0 atom stereocenters. The van der Waals surface area contributed by atoms with Crippen molar-refractivity contribution in [3.05, 3.63) is 30.3 Å². The maximum atomic E-state index is 7.55. The maximum Gasteiger partial charge on any atom is 0.125 e. The number of hydrogen-bond donors (Lipinski definition) is 1. The van der Waals surface area contributed by atoms with Crippen molar-refractivity contribution in [2.45, 2.75) is 0 Å². The summed E-state index contributed by atoms with van der Waals surface area (Å²) in [6.07, 6.45) is -0.319. The van der Waals surface area contributed by atoms with Gasteiger partial charge >= 0.3 is 0 Å². The van der Waals surface area contributed by atoms with E-state index in [4.69, 9.17) is 12.6 Å². The molecule has 10 heavy (non-hydrogen) atoms. The van der Waals surface area contributed by atoms with E-state index in [1.807, 2.05) is 0 Å². The van der Waals surface area contributed by atoms with Crippen LogP contribution in [0.3, 0.4) is 0 Å². The van der Waals surface area contributed by atoms with Gasteiger partial charge in [0.25, 0.3) is 0 Å². The highest BCUT2D eigenvalue weighted by molar-refractivity contribution is 5.51. The van der Waals surface area contributed by atoms with E-state index in [1.54, 1.807) is 0 Å². The first-order valence-electron chi connectivity index (χ1n) is 5.16. The van der Waals surface area contributed by atoms with Gasteiger partial charge in [-0.2, -0.15) is 5.10 Å². The Balaban J connectivity index is 3.07. The summed E-state index contributed by atoms with van der Waals surface area (Å²) in [6, 6.07) is -1.21. The van der Waals surface area contributed by atoms with Gasteiger partial charge in [0.1, 0.15) is 5.82 Å². The molecule has 3 nitrogen and oxygen atoms in total. The van der Waals surface area contributed by atoms with Crippen LogP contribution in [-0.2, 0) is 0 Å². The minimum Gasteiger partial charge on any atom is -0.384 e. The average Bonchev–Trinajstić information content (AvgIpc) is 2.50. The van der Waals surface area contributed by atoms with Crippen molar-refractivity contribution in [3.63, 3.8) is 0 Å². The first-order chi connectivity index (χ1) is 6.95. The number of pyridine rings is 1. The fraction of sp³-hybridized carbons (Fsp3) is 0. The molecule has 0 radical (unpaired) electrons. The number of anilines is 1. The second-order valence-electron chi connectivity index (χ2n) is 1.76. The summed E-state index contributed by atoms with van der Waals surface area (Å²) in [7, 11) is 0. The van der Waals surface area contributed by atoms with Crippen molar-refractivity contribution in [3.8, 4) is 0 Å². The summed E-state index contributed by atoms with van der Waals surface area (Å²) in [5, 5.41) is 3.62. The number of nitrogens with zero attached hydrogens (tertiary/aromatic N) is 2. The molecular formula is C7H7N3. The molecule has 0 saturated carbocycles. The van der Waals surface area contributed by atoms with E-state index in [0.717, 1.165) is 4.52 Å². The highest BCUT2D eigenvalue weighted by Gasteiger charge is 1.92. The molecule has 0 aliphatic rings. The van der Waals surface area contributed by atoms with Crippen LogP contribution in [-0.4, -0.2) is 9.61 Å². The largest absolute Gasteiger partial charge is 0.384 e. The Morgan fingerprint density at radius 1 is 1.50 bits per heavy atom. The minimum atomic E-state index is -0.353. The number of hydrogen-bond acceptors (Lipinski definition) is 2. The number of aromatic nitrogens is 2. The standard InChI is InChI=1S/C7H7N3/c8-7-3-1-2-6-4-5-9-10(6)7/h1-5H,8H2/i1D,2D,3D,4D,5D. The highest BCUT2D eigenvalue weighted by Crippen LogP contribution is 2.06. The molecule has 50 valence electrons. The molecule has 0 amide bonds. The summed E-state index contributed by atoms with van der Waals surface area (Å²) < 4.78 is 38.2. The zero-order valence-electron chi connectivity index (χ0n) is 9.97. The summed E-state index contributed by atoms with van der Waals surface area (Å²) in [6.45, 7) is 0. The third-order valence-electron chi connectivity index (χ3n) is 1.14. The quantitative estimate of drug-likeness (QED) is 0.588. The Bertz CT molecular complexity index is 562. The third-order valence-corrected chi connectivity index (χ3v) is 1.14. The van der Waals surface area contributed by atoms with Gasteiger partial charge in [0.2, 0.25) is 0 Å². The SMILES string of the molecule is [2H]c1nn2c(N)c([2H])c([2H])c([2H])c2c1[2H]. The van der Waals surface area contributed by atoms with Gasteiger partial charge in [0, 0.05) is 0 Å². The van der Waals surface area contributed by atoms with Crippen molar-refractivity contribution in [1.29, 1.82) is 0 Å². The monoisotopic (exact) mass is 138 g/mol. The molecule has 0 aliphatic heterocycles. The van der Waals surface area contributed by atoms with Crippen LogP contribution < -0.4 is 5.73 Å². The topological polar surface area (TPSA) is 43.3 Å². The molecule has 2 heterocycles. The van der Waals surface area contributed by atoms with E-state index < -0.39 is 0 Å². The maximum absolute atomic E-state index is 7.55. The van der Waals surface area contributed by atoms with E-state index in [1.165, 1.54) is 0 Å². The van der Waals surface area contributed by atoms with Crippen LogP contribution in [0.1, 0.15) is 6.85 Å². The molecule has 2 N–H and O–H groups in total. The summed E-state index contributed by atoms with van der Waals surface area (Å²) in [4.78, 5) is 0. The van der Waals surface area contributed by atoms with Crippen LogP contribution in [0.4, 0.5) is 5.82 Å². The second kappa shape index (κ2) is 1.73. The van der Waals surface area contributed by atoms with Crippen LogP contribution in [0.5, 0.6) is 0 Å². The molecule has 0 spiro atoms. The van der Waals surface area contributed by atoms with Gasteiger partial charge in [0.15, 0.2) is 0 Å². The Labute approximate surface area is 65.1 Å². The molecule has 2 aromatic heterocycles. The number of nitrogens with two attached hydrogens (primary N) is 1. The fourth-order valence-electron chi connectivity index (χ4n) is 0.697. The minimum absolute atomic E-state index is 0.00139. The van der Waals surface area contributed by atoms with Crippen molar-refractivity contribution >= 4 is 11.3 Å². The van der Waals surface area contributed by atoms with Crippen molar-refractivity contribution in [2.24, 2.45) is 0 Å². The number of rotatable bonds is 0. The van der Waals surface area contributed by atoms with Gasteiger partial charge in [-0.25, -0.2) is 4.52 Å². The van der Waals surface area contributed by atoms with Crippen molar-refractivity contribution in [1.82, 2.24) is 9.61 Å². The Morgan fingerprint density at radius 2 is 2.40 bits per heavy atom. The van der Waals surface area contributed by atoms with E-state index >= 15 is 0 Å². The normalized spacial score (nSPS) is 17.4. The van der Waals surface area contributed by atoms with Crippen LogP contribution in [0.15, 0.2) is 30.3 Å². The lowest BCUT2D eigenvalue weighted by atomic mass is 10.4. The van der Waals surface area contributed by atoms with Gasteiger partial charge < -0.3 is 5.73 Å². The van der Waals surface area contributed by atoms with Crippen molar-refractivity contribution in [2.75, 3.05) is 5.73 Å². The smallest absolute Gasteiger partial charge is 0.125 e. The molecule has 3 heteroatoms. The molecule has 0 bridgehead atoms. The first-order valence-corrected chi connectivity index (χ1v) is 2.66. The van der Waals surface area contributed by atoms with Crippen LogP contribution in [0.2, 0.25) is 0 Å². The van der Waals surface area contributed by atoms with E-state index in [9.17, 15) is 0 Å². The third kappa shape index (κ3) is 0.572. The molecule has 0 aromatic carbocycles. The van der Waals surface area contributed by atoms with E-state index in [0.29, 0.717) is 0 Å². The Morgan fingerprint density at radius 3 is 3.30 bits per heavy atom. The zero-order valence-corrected chi connectivity index (χ0v) is 4.97. The molecular weight excluding hydrogens is 126 g/mol. The lowest BCUT2D eigenvalue weighted by molar-refractivity contribution is 0.974.